The molecule has 1 amide bonds. The molecule has 18 heavy (non-hydrogen) atoms. The SMILES string of the molecule is CC(C)CNC(=O)CCNc1nc(N)ncc1F. The van der Waals surface area contributed by atoms with Crippen LogP contribution in [0.1, 0.15) is 20.3 Å². The van der Waals surface area contributed by atoms with Gasteiger partial charge in [-0.05, 0) is 5.92 Å². The summed E-state index contributed by atoms with van der Waals surface area (Å²) in [7, 11) is 0. The van der Waals surface area contributed by atoms with Gasteiger partial charge in [0.25, 0.3) is 0 Å². The van der Waals surface area contributed by atoms with Gasteiger partial charge in [0.15, 0.2) is 11.6 Å². The van der Waals surface area contributed by atoms with Gasteiger partial charge in [0, 0.05) is 19.5 Å². The smallest absolute Gasteiger partial charge is 0.222 e. The first kappa shape index (κ1) is 14.1. The van der Waals surface area contributed by atoms with Crippen molar-refractivity contribution in [1.29, 1.82) is 0 Å². The average molecular weight is 255 g/mol. The Hall–Kier alpha value is -1.92. The van der Waals surface area contributed by atoms with Crippen molar-refractivity contribution in [3.8, 4) is 0 Å². The van der Waals surface area contributed by atoms with Gasteiger partial charge in [0.2, 0.25) is 11.9 Å². The lowest BCUT2D eigenvalue weighted by Gasteiger charge is -2.09. The second-order valence-corrected chi connectivity index (χ2v) is 4.30. The number of nitrogens with one attached hydrogen (secondary N) is 2. The third kappa shape index (κ3) is 4.94. The summed E-state index contributed by atoms with van der Waals surface area (Å²) in [6.45, 7) is 4.94. The van der Waals surface area contributed by atoms with E-state index in [1.54, 1.807) is 0 Å². The molecule has 0 saturated heterocycles. The first-order chi connectivity index (χ1) is 8.49. The predicted octanol–water partition coefficient (Wildman–Crippen LogP) is 0.772. The summed E-state index contributed by atoms with van der Waals surface area (Å²) in [4.78, 5) is 18.6. The van der Waals surface area contributed by atoms with E-state index >= 15 is 0 Å². The number of nitrogens with zero attached hydrogens (tertiary/aromatic N) is 2. The molecule has 100 valence electrons. The van der Waals surface area contributed by atoms with Crippen molar-refractivity contribution >= 4 is 17.7 Å². The normalized spacial score (nSPS) is 10.4. The number of rotatable bonds is 6. The number of carbonyl (C=O) groups excluding carboxylic acids is 1. The number of nitrogen functional groups attached to an aromatic ring is 1. The van der Waals surface area contributed by atoms with Crippen LogP contribution in [-0.2, 0) is 4.79 Å². The topological polar surface area (TPSA) is 92.9 Å². The van der Waals surface area contributed by atoms with Crippen LogP contribution in [-0.4, -0.2) is 29.0 Å². The number of aromatic nitrogens is 2. The minimum absolute atomic E-state index is 0.0110. The number of hydrogen-bond acceptors (Lipinski definition) is 5. The van der Waals surface area contributed by atoms with E-state index < -0.39 is 5.82 Å². The highest BCUT2D eigenvalue weighted by Gasteiger charge is 2.06. The minimum Gasteiger partial charge on any atom is -0.368 e. The van der Waals surface area contributed by atoms with Crippen molar-refractivity contribution in [2.45, 2.75) is 20.3 Å². The van der Waals surface area contributed by atoms with Gasteiger partial charge in [-0.2, -0.15) is 4.98 Å². The van der Waals surface area contributed by atoms with Gasteiger partial charge in [0.1, 0.15) is 0 Å². The second-order valence-electron chi connectivity index (χ2n) is 4.30. The number of nitrogens with two attached hydrogens (primary N) is 1. The molecule has 1 aromatic rings. The maximum Gasteiger partial charge on any atom is 0.222 e. The summed E-state index contributed by atoms with van der Waals surface area (Å²) >= 11 is 0. The summed E-state index contributed by atoms with van der Waals surface area (Å²) in [6.07, 6.45) is 1.24. The van der Waals surface area contributed by atoms with Crippen LogP contribution in [0.25, 0.3) is 0 Å². The van der Waals surface area contributed by atoms with Crippen molar-refractivity contribution in [1.82, 2.24) is 15.3 Å². The molecule has 7 heteroatoms. The second kappa shape index (κ2) is 6.73. The largest absolute Gasteiger partial charge is 0.368 e. The van der Waals surface area contributed by atoms with Crippen LogP contribution in [0, 0.1) is 11.7 Å². The first-order valence-corrected chi connectivity index (χ1v) is 5.77. The molecule has 0 atom stereocenters. The molecule has 4 N–H and O–H groups in total. The van der Waals surface area contributed by atoms with Crippen LogP contribution in [0.3, 0.4) is 0 Å². The molecule has 0 aromatic carbocycles. The summed E-state index contributed by atoms with van der Waals surface area (Å²) in [6, 6.07) is 0. The Labute approximate surface area is 105 Å². The highest BCUT2D eigenvalue weighted by atomic mass is 19.1. The Morgan fingerprint density at radius 3 is 2.94 bits per heavy atom. The van der Waals surface area contributed by atoms with Crippen LogP contribution in [0.4, 0.5) is 16.2 Å². The third-order valence-corrected chi connectivity index (χ3v) is 2.11. The molecule has 0 spiro atoms. The maximum absolute atomic E-state index is 13.2. The Bertz CT molecular complexity index is 410. The molecule has 0 unspecified atom stereocenters. The zero-order valence-electron chi connectivity index (χ0n) is 10.5. The number of amides is 1. The number of carbonyl (C=O) groups is 1. The van der Waals surface area contributed by atoms with Gasteiger partial charge in [-0.3, -0.25) is 4.79 Å². The molecule has 0 aliphatic heterocycles. The van der Waals surface area contributed by atoms with Gasteiger partial charge in [-0.1, -0.05) is 13.8 Å². The molecule has 0 aliphatic rings. The molecule has 1 aromatic heterocycles. The van der Waals surface area contributed by atoms with Crippen molar-refractivity contribution in [2.75, 3.05) is 24.1 Å². The van der Waals surface area contributed by atoms with Gasteiger partial charge < -0.3 is 16.4 Å². The van der Waals surface area contributed by atoms with Gasteiger partial charge in [-0.15, -0.1) is 0 Å². The summed E-state index contributed by atoms with van der Waals surface area (Å²) in [5.74, 6) is -0.270. The fraction of sp³-hybridized carbons (Fsp3) is 0.545. The van der Waals surface area contributed by atoms with E-state index in [1.165, 1.54) is 0 Å². The van der Waals surface area contributed by atoms with E-state index in [0.717, 1.165) is 6.20 Å². The summed E-state index contributed by atoms with van der Waals surface area (Å²) in [5.41, 5.74) is 5.33. The Morgan fingerprint density at radius 1 is 1.56 bits per heavy atom. The van der Waals surface area contributed by atoms with Crippen molar-refractivity contribution < 1.29 is 9.18 Å². The molecule has 1 rings (SSSR count). The summed E-state index contributed by atoms with van der Waals surface area (Å²) in [5, 5.41) is 5.47. The number of anilines is 2. The van der Waals surface area contributed by atoms with Crippen LogP contribution >= 0.6 is 0 Å². The van der Waals surface area contributed by atoms with Crippen molar-refractivity contribution in [3.05, 3.63) is 12.0 Å². The fourth-order valence-electron chi connectivity index (χ4n) is 1.21. The van der Waals surface area contributed by atoms with E-state index in [9.17, 15) is 9.18 Å². The quantitative estimate of drug-likeness (QED) is 0.698. The molecular formula is C11H18FN5O. The molecule has 1 heterocycles. The monoisotopic (exact) mass is 255 g/mol. The van der Waals surface area contributed by atoms with Gasteiger partial charge in [-0.25, -0.2) is 9.37 Å². The lowest BCUT2D eigenvalue weighted by atomic mass is 10.2. The Balaban J connectivity index is 2.33. The molecule has 0 bridgehead atoms. The van der Waals surface area contributed by atoms with Crippen molar-refractivity contribution in [3.63, 3.8) is 0 Å². The predicted molar refractivity (Wildman–Crippen MR) is 67.4 cm³/mol. The highest BCUT2D eigenvalue weighted by Crippen LogP contribution is 2.09. The van der Waals surface area contributed by atoms with Crippen LogP contribution in [0.15, 0.2) is 6.20 Å². The molecular weight excluding hydrogens is 237 g/mol. The van der Waals surface area contributed by atoms with E-state index in [4.69, 9.17) is 5.73 Å². The van der Waals surface area contributed by atoms with Crippen LogP contribution < -0.4 is 16.4 Å². The zero-order chi connectivity index (χ0) is 13.5. The van der Waals surface area contributed by atoms with Crippen molar-refractivity contribution in [2.24, 2.45) is 5.92 Å². The third-order valence-electron chi connectivity index (χ3n) is 2.11. The molecule has 0 radical (unpaired) electrons. The molecule has 6 nitrogen and oxygen atoms in total. The highest BCUT2D eigenvalue weighted by molar-refractivity contribution is 5.76. The molecule has 0 fully saturated rings. The fourth-order valence-corrected chi connectivity index (χ4v) is 1.21. The lowest BCUT2D eigenvalue weighted by Crippen LogP contribution is -2.28. The van der Waals surface area contributed by atoms with Crippen LogP contribution in [0.2, 0.25) is 0 Å². The number of hydrogen-bond donors (Lipinski definition) is 3. The zero-order valence-corrected chi connectivity index (χ0v) is 10.5. The van der Waals surface area contributed by atoms with E-state index in [2.05, 4.69) is 20.6 Å². The van der Waals surface area contributed by atoms with E-state index in [1.807, 2.05) is 13.8 Å². The van der Waals surface area contributed by atoms with Crippen LogP contribution in [0.5, 0.6) is 0 Å². The standard InChI is InChI=1S/C11H18FN5O/c1-7(2)5-15-9(18)3-4-14-10-8(12)6-16-11(13)17-10/h6-7H,3-5H2,1-2H3,(H,15,18)(H3,13,14,16,17). The molecule has 0 saturated carbocycles. The van der Waals surface area contributed by atoms with E-state index in [-0.39, 0.29) is 30.6 Å². The average Bonchev–Trinajstić information content (AvgIpc) is 2.31. The lowest BCUT2D eigenvalue weighted by molar-refractivity contribution is -0.120. The van der Waals surface area contributed by atoms with E-state index in [0.29, 0.717) is 12.5 Å². The molecule has 0 aliphatic carbocycles. The number of halogens is 1. The van der Waals surface area contributed by atoms with Gasteiger partial charge in [0.05, 0.1) is 6.20 Å². The van der Waals surface area contributed by atoms with Gasteiger partial charge >= 0.3 is 0 Å². The Kier molecular flexibility index (Phi) is 5.29. The maximum atomic E-state index is 13.2. The Morgan fingerprint density at radius 2 is 2.28 bits per heavy atom. The first-order valence-electron chi connectivity index (χ1n) is 5.77. The minimum atomic E-state index is -0.591. The summed E-state index contributed by atoms with van der Waals surface area (Å²) < 4.78 is 13.2.